The molecule has 0 aliphatic rings. The van der Waals surface area contributed by atoms with Crippen molar-refractivity contribution in [2.75, 3.05) is 25.6 Å². The van der Waals surface area contributed by atoms with Crippen LogP contribution in [0.5, 0.6) is 0 Å². The SMILES string of the molecule is COCCOCc1cccc(NCc2cnco2)c1. The Morgan fingerprint density at radius 2 is 2.26 bits per heavy atom. The van der Waals surface area contributed by atoms with Crippen LogP contribution in [0.2, 0.25) is 0 Å². The third kappa shape index (κ3) is 4.73. The van der Waals surface area contributed by atoms with Gasteiger partial charge in [0.15, 0.2) is 6.39 Å². The number of nitrogens with one attached hydrogen (secondary N) is 1. The Morgan fingerprint density at radius 1 is 1.32 bits per heavy atom. The van der Waals surface area contributed by atoms with Crippen molar-refractivity contribution < 1.29 is 13.9 Å². The van der Waals surface area contributed by atoms with Gasteiger partial charge in [-0.05, 0) is 17.7 Å². The van der Waals surface area contributed by atoms with Crippen molar-refractivity contribution in [2.24, 2.45) is 0 Å². The molecule has 0 saturated heterocycles. The highest BCUT2D eigenvalue weighted by Crippen LogP contribution is 2.13. The van der Waals surface area contributed by atoms with E-state index in [0.717, 1.165) is 17.0 Å². The number of hydrogen-bond donors (Lipinski definition) is 1. The third-order valence-corrected chi connectivity index (χ3v) is 2.58. The number of benzene rings is 1. The molecular weight excluding hydrogens is 244 g/mol. The lowest BCUT2D eigenvalue weighted by molar-refractivity contribution is 0.0617. The molecule has 0 radical (unpaired) electrons. The number of anilines is 1. The maximum Gasteiger partial charge on any atom is 0.180 e. The summed E-state index contributed by atoms with van der Waals surface area (Å²) in [7, 11) is 1.66. The van der Waals surface area contributed by atoms with Gasteiger partial charge in [0.05, 0.1) is 32.6 Å². The number of rotatable bonds is 8. The maximum atomic E-state index is 5.48. The minimum absolute atomic E-state index is 0.585. The van der Waals surface area contributed by atoms with Crippen molar-refractivity contribution in [1.29, 1.82) is 0 Å². The predicted molar refractivity (Wildman–Crippen MR) is 71.8 cm³/mol. The van der Waals surface area contributed by atoms with E-state index in [1.54, 1.807) is 13.3 Å². The number of oxazole rings is 1. The summed E-state index contributed by atoms with van der Waals surface area (Å²) in [4.78, 5) is 3.87. The van der Waals surface area contributed by atoms with Crippen LogP contribution in [0.3, 0.4) is 0 Å². The lowest BCUT2D eigenvalue weighted by atomic mass is 10.2. The van der Waals surface area contributed by atoms with Crippen molar-refractivity contribution in [3.8, 4) is 0 Å². The Labute approximate surface area is 112 Å². The molecule has 5 nitrogen and oxygen atoms in total. The second-order valence-corrected chi connectivity index (χ2v) is 4.07. The number of nitrogens with zero attached hydrogens (tertiary/aromatic N) is 1. The van der Waals surface area contributed by atoms with Crippen LogP contribution in [-0.4, -0.2) is 25.3 Å². The summed E-state index contributed by atoms with van der Waals surface area (Å²) >= 11 is 0. The second kappa shape index (κ2) is 7.56. The molecule has 5 heteroatoms. The monoisotopic (exact) mass is 262 g/mol. The fourth-order valence-electron chi connectivity index (χ4n) is 1.62. The lowest BCUT2D eigenvalue weighted by Gasteiger charge is -2.07. The summed E-state index contributed by atoms with van der Waals surface area (Å²) in [6, 6.07) is 8.10. The fraction of sp³-hybridized carbons (Fsp3) is 0.357. The van der Waals surface area contributed by atoms with Gasteiger partial charge in [-0.1, -0.05) is 12.1 Å². The van der Waals surface area contributed by atoms with E-state index in [-0.39, 0.29) is 0 Å². The molecule has 2 rings (SSSR count). The third-order valence-electron chi connectivity index (χ3n) is 2.58. The number of ether oxygens (including phenoxy) is 2. The maximum absolute atomic E-state index is 5.48. The smallest absolute Gasteiger partial charge is 0.180 e. The van der Waals surface area contributed by atoms with E-state index in [1.165, 1.54) is 6.39 Å². The average molecular weight is 262 g/mol. The van der Waals surface area contributed by atoms with Crippen LogP contribution < -0.4 is 5.32 Å². The molecule has 1 heterocycles. The second-order valence-electron chi connectivity index (χ2n) is 4.07. The largest absolute Gasteiger partial charge is 0.447 e. The van der Waals surface area contributed by atoms with Crippen LogP contribution in [0.25, 0.3) is 0 Å². The molecule has 0 saturated carbocycles. The standard InChI is InChI=1S/C14H18N2O3/c1-17-5-6-18-10-12-3-2-4-13(7-12)16-9-14-8-15-11-19-14/h2-4,7-8,11,16H,5-6,9-10H2,1H3. The first kappa shape index (κ1) is 13.6. The van der Waals surface area contributed by atoms with Crippen molar-refractivity contribution in [3.05, 3.63) is 48.2 Å². The summed E-state index contributed by atoms with van der Waals surface area (Å²) < 4.78 is 15.6. The molecule has 0 fully saturated rings. The zero-order valence-electron chi connectivity index (χ0n) is 11.0. The van der Waals surface area contributed by atoms with E-state index >= 15 is 0 Å². The van der Waals surface area contributed by atoms with E-state index in [1.807, 2.05) is 18.2 Å². The van der Waals surface area contributed by atoms with Crippen molar-refractivity contribution in [3.63, 3.8) is 0 Å². The summed E-state index contributed by atoms with van der Waals surface area (Å²) in [5.74, 6) is 0.807. The molecular formula is C14H18N2O3. The quantitative estimate of drug-likeness (QED) is 0.740. The number of methoxy groups -OCH3 is 1. The molecule has 1 aromatic carbocycles. The topological polar surface area (TPSA) is 56.5 Å². The van der Waals surface area contributed by atoms with Crippen LogP contribution in [0.15, 0.2) is 41.3 Å². The highest BCUT2D eigenvalue weighted by atomic mass is 16.5. The first-order valence-corrected chi connectivity index (χ1v) is 6.15. The van der Waals surface area contributed by atoms with Crippen LogP contribution in [0.4, 0.5) is 5.69 Å². The van der Waals surface area contributed by atoms with Gasteiger partial charge in [0, 0.05) is 12.8 Å². The molecule has 102 valence electrons. The molecule has 1 N–H and O–H groups in total. The fourth-order valence-corrected chi connectivity index (χ4v) is 1.62. The Balaban J connectivity index is 1.81. The molecule has 2 aromatic rings. The highest BCUT2D eigenvalue weighted by molar-refractivity contribution is 5.45. The Morgan fingerprint density at radius 3 is 3.05 bits per heavy atom. The summed E-state index contributed by atoms with van der Waals surface area (Å²) in [6.45, 7) is 2.42. The Hall–Kier alpha value is -1.85. The lowest BCUT2D eigenvalue weighted by Crippen LogP contribution is -2.02. The van der Waals surface area contributed by atoms with Gasteiger partial charge in [0.2, 0.25) is 0 Å². The summed E-state index contributed by atoms with van der Waals surface area (Å²) in [6.07, 6.45) is 3.13. The molecule has 0 atom stereocenters. The first-order chi connectivity index (χ1) is 9.38. The van der Waals surface area contributed by atoms with Crippen molar-refractivity contribution in [1.82, 2.24) is 4.98 Å². The molecule has 0 aliphatic carbocycles. The van der Waals surface area contributed by atoms with Crippen LogP contribution >= 0.6 is 0 Å². The van der Waals surface area contributed by atoms with Crippen LogP contribution in [0, 0.1) is 0 Å². The average Bonchev–Trinajstić information content (AvgIpc) is 2.95. The van der Waals surface area contributed by atoms with Crippen LogP contribution in [0.1, 0.15) is 11.3 Å². The van der Waals surface area contributed by atoms with Gasteiger partial charge in [0.25, 0.3) is 0 Å². The van der Waals surface area contributed by atoms with Gasteiger partial charge in [-0.3, -0.25) is 0 Å². The van der Waals surface area contributed by atoms with Crippen molar-refractivity contribution >= 4 is 5.69 Å². The van der Waals surface area contributed by atoms with Crippen molar-refractivity contribution in [2.45, 2.75) is 13.2 Å². The zero-order chi connectivity index (χ0) is 13.3. The van der Waals surface area contributed by atoms with E-state index in [9.17, 15) is 0 Å². The molecule has 0 aliphatic heterocycles. The van der Waals surface area contributed by atoms with E-state index in [2.05, 4.69) is 16.4 Å². The molecule has 1 aromatic heterocycles. The number of aromatic nitrogens is 1. The molecule has 0 unspecified atom stereocenters. The highest BCUT2D eigenvalue weighted by Gasteiger charge is 1.99. The normalized spacial score (nSPS) is 10.6. The molecule has 19 heavy (non-hydrogen) atoms. The van der Waals surface area contributed by atoms with Gasteiger partial charge >= 0.3 is 0 Å². The Kier molecular flexibility index (Phi) is 5.40. The molecule has 0 bridgehead atoms. The molecule has 0 amide bonds. The van der Waals surface area contributed by atoms with Gasteiger partial charge in [-0.25, -0.2) is 4.98 Å². The van der Waals surface area contributed by atoms with Gasteiger partial charge < -0.3 is 19.2 Å². The van der Waals surface area contributed by atoms with Gasteiger partial charge in [-0.15, -0.1) is 0 Å². The summed E-state index contributed by atoms with van der Waals surface area (Å²) in [5.41, 5.74) is 2.16. The predicted octanol–water partition coefficient (Wildman–Crippen LogP) is 2.45. The van der Waals surface area contributed by atoms with Gasteiger partial charge in [-0.2, -0.15) is 0 Å². The Bertz CT molecular complexity index is 471. The van der Waals surface area contributed by atoms with Gasteiger partial charge in [0.1, 0.15) is 5.76 Å². The van der Waals surface area contributed by atoms with E-state index < -0.39 is 0 Å². The summed E-state index contributed by atoms with van der Waals surface area (Å²) in [5, 5.41) is 3.28. The zero-order valence-corrected chi connectivity index (χ0v) is 11.0. The first-order valence-electron chi connectivity index (χ1n) is 6.15. The van der Waals surface area contributed by atoms with Crippen LogP contribution in [-0.2, 0) is 22.6 Å². The minimum Gasteiger partial charge on any atom is -0.447 e. The molecule has 0 spiro atoms. The minimum atomic E-state index is 0.585. The van der Waals surface area contributed by atoms with E-state index in [0.29, 0.717) is 26.4 Å². The van der Waals surface area contributed by atoms with E-state index in [4.69, 9.17) is 13.9 Å². The number of hydrogen-bond acceptors (Lipinski definition) is 5.